The van der Waals surface area contributed by atoms with Crippen LogP contribution in [-0.2, 0) is 4.79 Å². The van der Waals surface area contributed by atoms with Crippen molar-refractivity contribution in [1.29, 1.82) is 0 Å². The van der Waals surface area contributed by atoms with Crippen LogP contribution in [0.15, 0.2) is 78.9 Å². The molecule has 5 heteroatoms. The van der Waals surface area contributed by atoms with Crippen molar-refractivity contribution in [3.05, 3.63) is 78.9 Å². The molecule has 3 aromatic rings. The average molecular weight is 442 g/mol. The Morgan fingerprint density at radius 1 is 0.939 bits per heavy atom. The molecule has 5 nitrogen and oxygen atoms in total. The van der Waals surface area contributed by atoms with Gasteiger partial charge in [-0.2, -0.15) is 0 Å². The molecule has 2 saturated heterocycles. The molecule has 1 unspecified atom stereocenters. The Hall–Kier alpha value is -3.31. The molecular formula is C28H31N3O2. The Balaban J connectivity index is 1.17. The van der Waals surface area contributed by atoms with E-state index in [1.54, 1.807) is 6.92 Å². The van der Waals surface area contributed by atoms with Gasteiger partial charge in [-0.25, -0.2) is 0 Å². The summed E-state index contributed by atoms with van der Waals surface area (Å²) in [6.45, 7) is 5.21. The molecule has 0 spiro atoms. The van der Waals surface area contributed by atoms with Crippen LogP contribution in [0.1, 0.15) is 13.3 Å². The molecule has 2 aliphatic heterocycles. The van der Waals surface area contributed by atoms with Crippen molar-refractivity contribution in [1.82, 2.24) is 4.90 Å². The fourth-order valence-corrected chi connectivity index (χ4v) is 5.09. The predicted molar refractivity (Wildman–Crippen MR) is 134 cm³/mol. The third kappa shape index (κ3) is 4.74. The Bertz CT molecular complexity index is 1080. The summed E-state index contributed by atoms with van der Waals surface area (Å²) < 4.78 is 5.88. The monoisotopic (exact) mass is 441 g/mol. The van der Waals surface area contributed by atoms with Crippen molar-refractivity contribution in [2.45, 2.75) is 25.5 Å². The lowest BCUT2D eigenvalue weighted by atomic mass is 10.0. The first kappa shape index (κ1) is 21.5. The maximum atomic E-state index is 12.7. The van der Waals surface area contributed by atoms with Crippen LogP contribution >= 0.6 is 0 Å². The first-order chi connectivity index (χ1) is 16.1. The molecule has 1 amide bonds. The summed E-state index contributed by atoms with van der Waals surface area (Å²) in [6.07, 6.45) is 0.662. The molecule has 33 heavy (non-hydrogen) atoms. The highest BCUT2D eigenvalue weighted by molar-refractivity contribution is 5.94. The third-order valence-electron chi connectivity index (χ3n) is 6.84. The van der Waals surface area contributed by atoms with E-state index in [1.807, 2.05) is 54.6 Å². The molecule has 2 aliphatic rings. The summed E-state index contributed by atoms with van der Waals surface area (Å²) in [7, 11) is 2.20. The molecule has 0 aliphatic carbocycles. The highest BCUT2D eigenvalue weighted by atomic mass is 16.5. The minimum absolute atomic E-state index is 0.159. The minimum Gasteiger partial charge on any atom is -0.481 e. The Morgan fingerprint density at radius 3 is 2.36 bits per heavy atom. The van der Waals surface area contributed by atoms with Crippen LogP contribution in [0.2, 0.25) is 0 Å². The molecule has 3 aromatic carbocycles. The van der Waals surface area contributed by atoms with Crippen LogP contribution in [-0.4, -0.2) is 49.6 Å². The van der Waals surface area contributed by atoms with Gasteiger partial charge in [-0.05, 0) is 73.8 Å². The number of carbonyl (C=O) groups excluding carboxylic acids is 1. The standard InChI is InChI=1S/C28H31N3O2/c1-20(33-26-14-8-22(9-15-26)21-6-4-3-5-7-21)28(32)29-24-10-12-25(13-11-24)31-17-16-23-18-30(2)19-27(23)31/h3-15,20,23,27H,16-19H2,1-2H3,(H,29,32)/t20?,23-,27+/m0/s1. The maximum Gasteiger partial charge on any atom is 0.265 e. The van der Waals surface area contributed by atoms with E-state index in [0.29, 0.717) is 11.8 Å². The molecule has 0 aromatic heterocycles. The summed E-state index contributed by atoms with van der Waals surface area (Å²) in [5, 5.41) is 2.98. The van der Waals surface area contributed by atoms with Gasteiger partial charge in [0.2, 0.25) is 0 Å². The van der Waals surface area contributed by atoms with Crippen LogP contribution in [0.5, 0.6) is 5.75 Å². The van der Waals surface area contributed by atoms with Crippen molar-refractivity contribution in [2.24, 2.45) is 5.92 Å². The van der Waals surface area contributed by atoms with Crippen LogP contribution < -0.4 is 15.0 Å². The van der Waals surface area contributed by atoms with E-state index >= 15 is 0 Å². The Kier molecular flexibility index (Phi) is 6.05. The first-order valence-electron chi connectivity index (χ1n) is 11.7. The summed E-state index contributed by atoms with van der Waals surface area (Å²) in [5.41, 5.74) is 4.30. The first-order valence-corrected chi connectivity index (χ1v) is 11.7. The molecule has 0 radical (unpaired) electrons. The molecule has 2 heterocycles. The van der Waals surface area contributed by atoms with Crippen molar-refractivity contribution >= 4 is 17.3 Å². The number of benzene rings is 3. The number of hydrogen-bond donors (Lipinski definition) is 1. The van der Waals surface area contributed by atoms with Gasteiger partial charge in [0, 0.05) is 37.1 Å². The normalized spacial score (nSPS) is 21.0. The van der Waals surface area contributed by atoms with Gasteiger partial charge in [0.15, 0.2) is 6.10 Å². The third-order valence-corrected chi connectivity index (χ3v) is 6.84. The number of likely N-dealkylation sites (tertiary alicyclic amines) is 1. The lowest BCUT2D eigenvalue weighted by molar-refractivity contribution is -0.122. The summed E-state index contributed by atoms with van der Waals surface area (Å²) in [4.78, 5) is 17.6. The molecule has 170 valence electrons. The van der Waals surface area contributed by atoms with E-state index in [4.69, 9.17) is 4.74 Å². The number of nitrogens with one attached hydrogen (secondary N) is 1. The number of rotatable bonds is 6. The molecule has 0 bridgehead atoms. The second-order valence-electron chi connectivity index (χ2n) is 9.22. The second kappa shape index (κ2) is 9.28. The van der Waals surface area contributed by atoms with Gasteiger partial charge in [-0.1, -0.05) is 42.5 Å². The number of likely N-dealkylation sites (N-methyl/N-ethyl adjacent to an activating group) is 1. The molecule has 2 fully saturated rings. The number of nitrogens with zero attached hydrogens (tertiary/aromatic N) is 2. The van der Waals surface area contributed by atoms with E-state index in [0.717, 1.165) is 35.8 Å². The van der Waals surface area contributed by atoms with Crippen LogP contribution in [0.3, 0.4) is 0 Å². The molecule has 0 saturated carbocycles. The van der Waals surface area contributed by atoms with Gasteiger partial charge in [0.25, 0.3) is 5.91 Å². The minimum atomic E-state index is -0.597. The van der Waals surface area contributed by atoms with E-state index in [-0.39, 0.29) is 5.91 Å². The topological polar surface area (TPSA) is 44.8 Å². The van der Waals surface area contributed by atoms with E-state index in [2.05, 4.69) is 46.4 Å². The summed E-state index contributed by atoms with van der Waals surface area (Å²) in [5.74, 6) is 1.29. The van der Waals surface area contributed by atoms with Gasteiger partial charge < -0.3 is 19.9 Å². The molecular weight excluding hydrogens is 410 g/mol. The largest absolute Gasteiger partial charge is 0.481 e. The summed E-state index contributed by atoms with van der Waals surface area (Å²) in [6, 6.07) is 26.9. The van der Waals surface area contributed by atoms with Crippen molar-refractivity contribution in [2.75, 3.05) is 36.9 Å². The van der Waals surface area contributed by atoms with Gasteiger partial charge >= 0.3 is 0 Å². The van der Waals surface area contributed by atoms with Crippen LogP contribution in [0.25, 0.3) is 11.1 Å². The zero-order valence-electron chi connectivity index (χ0n) is 19.3. The van der Waals surface area contributed by atoms with Gasteiger partial charge in [-0.15, -0.1) is 0 Å². The van der Waals surface area contributed by atoms with Gasteiger partial charge in [0.05, 0.1) is 0 Å². The zero-order chi connectivity index (χ0) is 22.8. The smallest absolute Gasteiger partial charge is 0.265 e. The van der Waals surface area contributed by atoms with Gasteiger partial charge in [0.1, 0.15) is 5.75 Å². The number of anilines is 2. The number of ether oxygens (including phenoxy) is 1. The van der Waals surface area contributed by atoms with Crippen molar-refractivity contribution in [3.8, 4) is 16.9 Å². The molecule has 3 atom stereocenters. The predicted octanol–water partition coefficient (Wildman–Crippen LogP) is 4.90. The van der Waals surface area contributed by atoms with E-state index in [9.17, 15) is 4.79 Å². The van der Waals surface area contributed by atoms with Crippen molar-refractivity contribution < 1.29 is 9.53 Å². The average Bonchev–Trinajstić information content (AvgIpc) is 3.40. The number of amides is 1. The molecule has 5 rings (SSSR count). The highest BCUT2D eigenvalue weighted by Crippen LogP contribution is 2.34. The fourth-order valence-electron chi connectivity index (χ4n) is 5.09. The highest BCUT2D eigenvalue weighted by Gasteiger charge is 2.39. The summed E-state index contributed by atoms with van der Waals surface area (Å²) >= 11 is 0. The van der Waals surface area contributed by atoms with Crippen LogP contribution in [0.4, 0.5) is 11.4 Å². The Labute approximate surface area is 196 Å². The zero-order valence-corrected chi connectivity index (χ0v) is 19.3. The lowest BCUT2D eigenvalue weighted by Gasteiger charge is -2.26. The SMILES string of the molecule is CC(Oc1ccc(-c2ccccc2)cc1)C(=O)Nc1ccc(N2CC[C@H]3CN(C)C[C@H]32)cc1. The number of hydrogen-bond acceptors (Lipinski definition) is 4. The maximum absolute atomic E-state index is 12.7. The fraction of sp³-hybridized carbons (Fsp3) is 0.321. The number of carbonyl (C=O) groups is 1. The molecule has 1 N–H and O–H groups in total. The quantitative estimate of drug-likeness (QED) is 0.591. The lowest BCUT2D eigenvalue weighted by Crippen LogP contribution is -2.34. The number of fused-ring (bicyclic) bond motifs is 1. The van der Waals surface area contributed by atoms with E-state index < -0.39 is 6.10 Å². The van der Waals surface area contributed by atoms with Crippen molar-refractivity contribution in [3.63, 3.8) is 0 Å². The van der Waals surface area contributed by atoms with E-state index in [1.165, 1.54) is 18.7 Å². The van der Waals surface area contributed by atoms with Crippen LogP contribution in [0, 0.1) is 5.92 Å². The second-order valence-corrected chi connectivity index (χ2v) is 9.22. The van der Waals surface area contributed by atoms with Gasteiger partial charge in [-0.3, -0.25) is 4.79 Å². The Morgan fingerprint density at radius 2 is 1.64 bits per heavy atom.